The van der Waals surface area contributed by atoms with E-state index in [2.05, 4.69) is 22.3 Å². The van der Waals surface area contributed by atoms with Crippen molar-refractivity contribution in [2.24, 2.45) is 0 Å². The SMILES string of the molecule is CCCc1cc(=S)nc(-c2ccsc2)[nH]1. The summed E-state index contributed by atoms with van der Waals surface area (Å²) in [6.07, 6.45) is 2.13. The molecule has 78 valence electrons. The van der Waals surface area contributed by atoms with Gasteiger partial charge in [0.1, 0.15) is 10.5 Å². The summed E-state index contributed by atoms with van der Waals surface area (Å²) < 4.78 is 0.665. The third-order valence-electron chi connectivity index (χ3n) is 2.11. The number of aromatic nitrogens is 2. The average Bonchev–Trinajstić information content (AvgIpc) is 2.70. The molecule has 2 aromatic rings. The highest BCUT2D eigenvalue weighted by atomic mass is 32.1. The number of hydrogen-bond acceptors (Lipinski definition) is 3. The smallest absolute Gasteiger partial charge is 0.139 e. The van der Waals surface area contributed by atoms with E-state index in [1.807, 2.05) is 17.5 Å². The molecule has 0 radical (unpaired) electrons. The molecule has 0 unspecified atom stereocenters. The van der Waals surface area contributed by atoms with Gasteiger partial charge in [-0.1, -0.05) is 25.6 Å². The van der Waals surface area contributed by atoms with Crippen molar-refractivity contribution in [3.63, 3.8) is 0 Å². The first-order chi connectivity index (χ1) is 7.29. The van der Waals surface area contributed by atoms with Gasteiger partial charge in [0.25, 0.3) is 0 Å². The lowest BCUT2D eigenvalue weighted by Crippen LogP contribution is -1.95. The van der Waals surface area contributed by atoms with Crippen LogP contribution in [0.25, 0.3) is 11.4 Å². The Labute approximate surface area is 98.0 Å². The Morgan fingerprint density at radius 3 is 3.07 bits per heavy atom. The second-order valence-corrected chi connectivity index (χ2v) is 4.55. The predicted octanol–water partition coefficient (Wildman–Crippen LogP) is 3.82. The molecule has 0 fully saturated rings. The fourth-order valence-corrected chi connectivity index (χ4v) is 2.32. The number of aryl methyl sites for hydroxylation is 1. The second kappa shape index (κ2) is 4.68. The van der Waals surface area contributed by atoms with Crippen LogP contribution in [0.15, 0.2) is 22.9 Å². The highest BCUT2D eigenvalue weighted by Gasteiger charge is 2.01. The van der Waals surface area contributed by atoms with Crippen molar-refractivity contribution in [2.45, 2.75) is 19.8 Å². The average molecular weight is 236 g/mol. The first-order valence-electron chi connectivity index (χ1n) is 4.92. The van der Waals surface area contributed by atoms with E-state index >= 15 is 0 Å². The van der Waals surface area contributed by atoms with Gasteiger partial charge in [0.15, 0.2) is 0 Å². The molecule has 2 aromatic heterocycles. The molecular formula is C11H12N2S2. The molecule has 0 bridgehead atoms. The Balaban J connectivity index is 2.44. The van der Waals surface area contributed by atoms with E-state index in [-0.39, 0.29) is 0 Å². The molecule has 0 saturated heterocycles. The molecule has 2 rings (SSSR count). The lowest BCUT2D eigenvalue weighted by atomic mass is 10.2. The molecule has 2 heterocycles. The molecule has 0 spiro atoms. The summed E-state index contributed by atoms with van der Waals surface area (Å²) in [5, 5.41) is 4.11. The van der Waals surface area contributed by atoms with E-state index in [4.69, 9.17) is 12.2 Å². The molecule has 2 nitrogen and oxygen atoms in total. The number of hydrogen-bond donors (Lipinski definition) is 1. The number of thiophene rings is 1. The normalized spacial score (nSPS) is 10.5. The number of H-pyrrole nitrogens is 1. The zero-order chi connectivity index (χ0) is 10.7. The Hall–Kier alpha value is -1.00. The molecule has 0 aliphatic rings. The summed E-state index contributed by atoms with van der Waals surface area (Å²) in [4.78, 5) is 7.64. The Morgan fingerprint density at radius 2 is 2.40 bits per heavy atom. The molecule has 1 N–H and O–H groups in total. The first kappa shape index (κ1) is 10.5. The van der Waals surface area contributed by atoms with E-state index in [1.54, 1.807) is 11.3 Å². The number of aromatic amines is 1. The summed E-state index contributed by atoms with van der Waals surface area (Å²) in [5.74, 6) is 0.882. The maximum atomic E-state index is 5.15. The summed E-state index contributed by atoms with van der Waals surface area (Å²) in [5.41, 5.74) is 2.28. The van der Waals surface area contributed by atoms with Crippen LogP contribution in [0.4, 0.5) is 0 Å². The van der Waals surface area contributed by atoms with Gasteiger partial charge in [-0.3, -0.25) is 0 Å². The standard InChI is InChI=1S/C11H12N2S2/c1-2-3-9-6-10(14)13-11(12-9)8-4-5-15-7-8/h4-7H,2-3H2,1H3,(H,12,13,14). The minimum absolute atomic E-state index is 0.665. The van der Waals surface area contributed by atoms with Gasteiger partial charge < -0.3 is 4.98 Å². The molecule has 15 heavy (non-hydrogen) atoms. The lowest BCUT2D eigenvalue weighted by molar-refractivity contribution is 0.873. The van der Waals surface area contributed by atoms with Gasteiger partial charge in [0.05, 0.1) is 0 Å². The Kier molecular flexibility index (Phi) is 3.28. The van der Waals surface area contributed by atoms with Gasteiger partial charge in [-0.2, -0.15) is 11.3 Å². The monoisotopic (exact) mass is 236 g/mol. The third kappa shape index (κ3) is 2.52. The summed E-state index contributed by atoms with van der Waals surface area (Å²) in [6, 6.07) is 3.99. The molecule has 0 aliphatic heterocycles. The molecule has 0 aliphatic carbocycles. The highest BCUT2D eigenvalue weighted by Crippen LogP contribution is 2.18. The minimum Gasteiger partial charge on any atom is -0.343 e. The van der Waals surface area contributed by atoms with Crippen molar-refractivity contribution in [1.82, 2.24) is 9.97 Å². The number of rotatable bonds is 3. The zero-order valence-corrected chi connectivity index (χ0v) is 10.1. The van der Waals surface area contributed by atoms with Crippen molar-refractivity contribution in [3.05, 3.63) is 33.2 Å². The first-order valence-corrected chi connectivity index (χ1v) is 6.27. The number of nitrogens with zero attached hydrogens (tertiary/aromatic N) is 1. The van der Waals surface area contributed by atoms with Crippen LogP contribution in [0.1, 0.15) is 19.0 Å². The van der Waals surface area contributed by atoms with Crippen LogP contribution in [-0.2, 0) is 6.42 Å². The van der Waals surface area contributed by atoms with Gasteiger partial charge in [-0.15, -0.1) is 0 Å². The van der Waals surface area contributed by atoms with Gasteiger partial charge in [0, 0.05) is 16.6 Å². The van der Waals surface area contributed by atoms with Crippen LogP contribution in [-0.4, -0.2) is 9.97 Å². The zero-order valence-electron chi connectivity index (χ0n) is 8.49. The predicted molar refractivity (Wildman–Crippen MR) is 66.7 cm³/mol. The van der Waals surface area contributed by atoms with Crippen LogP contribution < -0.4 is 0 Å². The summed E-state index contributed by atoms with van der Waals surface area (Å²) in [7, 11) is 0. The van der Waals surface area contributed by atoms with Gasteiger partial charge in [-0.05, 0) is 23.9 Å². The van der Waals surface area contributed by atoms with E-state index in [9.17, 15) is 0 Å². The molecule has 0 atom stereocenters. The molecular weight excluding hydrogens is 224 g/mol. The topological polar surface area (TPSA) is 28.7 Å². The molecule has 0 amide bonds. The van der Waals surface area contributed by atoms with Gasteiger partial charge >= 0.3 is 0 Å². The Bertz CT molecular complexity index is 486. The van der Waals surface area contributed by atoms with Crippen LogP contribution in [0.2, 0.25) is 0 Å². The second-order valence-electron chi connectivity index (χ2n) is 3.36. The van der Waals surface area contributed by atoms with Crippen LogP contribution in [0, 0.1) is 4.64 Å². The summed E-state index contributed by atoms with van der Waals surface area (Å²) in [6.45, 7) is 2.15. The maximum Gasteiger partial charge on any atom is 0.139 e. The van der Waals surface area contributed by atoms with Crippen LogP contribution in [0.5, 0.6) is 0 Å². The Morgan fingerprint density at radius 1 is 1.53 bits per heavy atom. The van der Waals surface area contributed by atoms with E-state index in [1.165, 1.54) is 5.69 Å². The quantitative estimate of drug-likeness (QED) is 0.821. The van der Waals surface area contributed by atoms with Gasteiger partial charge in [-0.25, -0.2) is 4.98 Å². The van der Waals surface area contributed by atoms with E-state index in [0.29, 0.717) is 4.64 Å². The largest absolute Gasteiger partial charge is 0.343 e. The molecule has 0 saturated carbocycles. The van der Waals surface area contributed by atoms with Crippen molar-refractivity contribution >= 4 is 23.6 Å². The molecule has 4 heteroatoms. The van der Waals surface area contributed by atoms with Crippen molar-refractivity contribution in [1.29, 1.82) is 0 Å². The number of nitrogens with one attached hydrogen (secondary N) is 1. The van der Waals surface area contributed by atoms with Gasteiger partial charge in [0.2, 0.25) is 0 Å². The maximum absolute atomic E-state index is 5.15. The summed E-state index contributed by atoms with van der Waals surface area (Å²) >= 11 is 6.81. The van der Waals surface area contributed by atoms with E-state index in [0.717, 1.165) is 24.2 Å². The fourth-order valence-electron chi connectivity index (χ4n) is 1.45. The third-order valence-corrected chi connectivity index (χ3v) is 3.00. The van der Waals surface area contributed by atoms with Crippen molar-refractivity contribution < 1.29 is 0 Å². The van der Waals surface area contributed by atoms with E-state index < -0.39 is 0 Å². The minimum atomic E-state index is 0.665. The fraction of sp³-hybridized carbons (Fsp3) is 0.273. The van der Waals surface area contributed by atoms with Crippen molar-refractivity contribution in [2.75, 3.05) is 0 Å². The van der Waals surface area contributed by atoms with Crippen LogP contribution >= 0.6 is 23.6 Å². The highest BCUT2D eigenvalue weighted by molar-refractivity contribution is 7.71. The van der Waals surface area contributed by atoms with Crippen LogP contribution in [0.3, 0.4) is 0 Å². The molecule has 0 aromatic carbocycles. The van der Waals surface area contributed by atoms with Crippen molar-refractivity contribution in [3.8, 4) is 11.4 Å². The lowest BCUT2D eigenvalue weighted by Gasteiger charge is -2.02.